The first-order valence-electron chi connectivity index (χ1n) is 13.0. The third-order valence-corrected chi connectivity index (χ3v) is 8.34. The number of sulfonamides is 1. The van der Waals surface area contributed by atoms with Gasteiger partial charge in [0.05, 0.1) is 23.4 Å². The second-order valence-corrected chi connectivity index (χ2v) is 11.4. The van der Waals surface area contributed by atoms with Crippen molar-refractivity contribution in [1.29, 1.82) is 0 Å². The molecule has 1 amide bonds. The van der Waals surface area contributed by atoms with Crippen molar-refractivity contribution >= 4 is 27.8 Å². The Balaban J connectivity index is 1.56. The van der Waals surface area contributed by atoms with Crippen molar-refractivity contribution in [1.82, 2.24) is 9.99 Å². The Bertz CT molecular complexity index is 1620. The number of amides is 1. The zero-order chi connectivity index (χ0) is 28.9. The number of aryl methyl sites for hydroxylation is 3. The minimum Gasteiger partial charge on any atom is -0.494 e. The summed E-state index contributed by atoms with van der Waals surface area (Å²) >= 11 is 0. The van der Waals surface area contributed by atoms with Gasteiger partial charge >= 0.3 is 0 Å². The standard InChI is InChI=1S/C31H34N4O4S/c1-6-39-28-15-13-27(14-16-28)34(40(37,38)29-17-11-22(2)12-18-29)21-31(36)33-32-20-26-19-24(4)35(25(26)5)30-10-8-7-9-23(30)3/h7-20H,6,21H2,1-5H3,(H,33,36)/b32-20-. The predicted octanol–water partition coefficient (Wildman–Crippen LogP) is 5.46. The molecule has 208 valence electrons. The Morgan fingerprint density at radius 2 is 1.65 bits per heavy atom. The smallest absolute Gasteiger partial charge is 0.264 e. The molecule has 4 aromatic rings. The van der Waals surface area contributed by atoms with Crippen LogP contribution in [0.2, 0.25) is 0 Å². The molecule has 8 nitrogen and oxygen atoms in total. The maximum Gasteiger partial charge on any atom is 0.264 e. The zero-order valence-corrected chi connectivity index (χ0v) is 24.2. The summed E-state index contributed by atoms with van der Waals surface area (Å²) < 4.78 is 35.9. The average molecular weight is 559 g/mol. The molecule has 0 spiro atoms. The Morgan fingerprint density at radius 1 is 0.975 bits per heavy atom. The molecule has 0 aliphatic carbocycles. The van der Waals surface area contributed by atoms with Gasteiger partial charge in [0.15, 0.2) is 0 Å². The van der Waals surface area contributed by atoms with Crippen LogP contribution in [0.15, 0.2) is 88.9 Å². The van der Waals surface area contributed by atoms with Crippen LogP contribution in [0.5, 0.6) is 5.75 Å². The number of anilines is 1. The molecule has 4 rings (SSSR count). The average Bonchev–Trinajstić information content (AvgIpc) is 3.21. The lowest BCUT2D eigenvalue weighted by Crippen LogP contribution is -2.39. The summed E-state index contributed by atoms with van der Waals surface area (Å²) in [7, 11) is -4.04. The van der Waals surface area contributed by atoms with Crippen LogP contribution in [0.4, 0.5) is 5.69 Å². The number of aromatic nitrogens is 1. The van der Waals surface area contributed by atoms with E-state index in [1.165, 1.54) is 12.1 Å². The fraction of sp³-hybridized carbons (Fsp3) is 0.226. The molecule has 3 aromatic carbocycles. The maximum atomic E-state index is 13.6. The van der Waals surface area contributed by atoms with Gasteiger partial charge in [-0.05, 0) is 88.7 Å². The number of carbonyl (C=O) groups is 1. The van der Waals surface area contributed by atoms with Crippen LogP contribution in [0.1, 0.15) is 35.0 Å². The van der Waals surface area contributed by atoms with Crippen LogP contribution >= 0.6 is 0 Å². The van der Waals surface area contributed by atoms with Gasteiger partial charge in [0.2, 0.25) is 0 Å². The molecule has 1 heterocycles. The van der Waals surface area contributed by atoms with Gasteiger partial charge in [-0.2, -0.15) is 5.10 Å². The number of nitrogens with zero attached hydrogens (tertiary/aromatic N) is 3. The van der Waals surface area contributed by atoms with Gasteiger partial charge in [0.25, 0.3) is 15.9 Å². The normalized spacial score (nSPS) is 11.5. The monoisotopic (exact) mass is 558 g/mol. The van der Waals surface area contributed by atoms with Crippen LogP contribution in [0.25, 0.3) is 5.69 Å². The Labute approximate surface area is 236 Å². The van der Waals surface area contributed by atoms with Crippen LogP contribution < -0.4 is 14.5 Å². The molecule has 0 aliphatic rings. The molecule has 0 saturated heterocycles. The van der Waals surface area contributed by atoms with E-state index < -0.39 is 22.5 Å². The molecule has 1 N–H and O–H groups in total. The molecule has 0 unspecified atom stereocenters. The summed E-state index contributed by atoms with van der Waals surface area (Å²) in [6, 6.07) is 23.2. The Hall–Kier alpha value is -4.37. The molecule has 9 heteroatoms. The molecule has 0 fully saturated rings. The molecule has 0 saturated carbocycles. The molecule has 0 atom stereocenters. The van der Waals surface area contributed by atoms with Crippen molar-refractivity contribution in [3.05, 3.63) is 107 Å². The van der Waals surface area contributed by atoms with E-state index >= 15 is 0 Å². The summed E-state index contributed by atoms with van der Waals surface area (Å²) in [5.74, 6) is 0.0322. The van der Waals surface area contributed by atoms with E-state index in [-0.39, 0.29) is 4.90 Å². The Kier molecular flexibility index (Phi) is 8.74. The van der Waals surface area contributed by atoms with Crippen molar-refractivity contribution in [2.24, 2.45) is 5.10 Å². The fourth-order valence-electron chi connectivity index (χ4n) is 4.47. The number of para-hydroxylation sites is 1. The second-order valence-electron chi connectivity index (χ2n) is 9.49. The largest absolute Gasteiger partial charge is 0.494 e. The highest BCUT2D eigenvalue weighted by molar-refractivity contribution is 7.92. The highest BCUT2D eigenvalue weighted by Gasteiger charge is 2.27. The molecular formula is C31H34N4O4S. The lowest BCUT2D eigenvalue weighted by atomic mass is 10.2. The van der Waals surface area contributed by atoms with E-state index in [4.69, 9.17) is 4.74 Å². The number of hydrogen-bond donors (Lipinski definition) is 1. The predicted molar refractivity (Wildman–Crippen MR) is 159 cm³/mol. The van der Waals surface area contributed by atoms with Gasteiger partial charge in [0.1, 0.15) is 12.3 Å². The number of benzene rings is 3. The third kappa shape index (κ3) is 6.26. The molecule has 40 heavy (non-hydrogen) atoms. The van der Waals surface area contributed by atoms with Crippen LogP contribution in [0, 0.1) is 27.7 Å². The Morgan fingerprint density at radius 3 is 2.30 bits per heavy atom. The second kappa shape index (κ2) is 12.2. The van der Waals surface area contributed by atoms with Crippen LogP contribution in [-0.4, -0.2) is 38.3 Å². The SMILES string of the molecule is CCOc1ccc(N(CC(=O)N/N=C\c2cc(C)n(-c3ccccc3C)c2C)S(=O)(=O)c2ccc(C)cc2)cc1. The number of ether oxygens (including phenoxy) is 1. The van der Waals surface area contributed by atoms with Gasteiger partial charge in [-0.25, -0.2) is 13.8 Å². The van der Waals surface area contributed by atoms with Crippen molar-refractivity contribution in [3.63, 3.8) is 0 Å². The summed E-state index contributed by atoms with van der Waals surface area (Å²) in [6.45, 7) is 9.84. The van der Waals surface area contributed by atoms with Gasteiger partial charge in [0, 0.05) is 22.6 Å². The maximum absolute atomic E-state index is 13.6. The third-order valence-electron chi connectivity index (χ3n) is 6.55. The number of hydrogen-bond acceptors (Lipinski definition) is 5. The van der Waals surface area contributed by atoms with E-state index in [0.717, 1.165) is 38.1 Å². The quantitative estimate of drug-likeness (QED) is 0.207. The topological polar surface area (TPSA) is 93.0 Å². The minimum atomic E-state index is -4.04. The van der Waals surface area contributed by atoms with Crippen molar-refractivity contribution < 1.29 is 17.9 Å². The molecule has 0 radical (unpaired) electrons. The molecule has 0 aliphatic heterocycles. The van der Waals surface area contributed by atoms with E-state index in [1.807, 2.05) is 45.9 Å². The summed E-state index contributed by atoms with van der Waals surface area (Å²) in [4.78, 5) is 13.1. The van der Waals surface area contributed by atoms with Crippen LogP contribution in [-0.2, 0) is 14.8 Å². The summed E-state index contributed by atoms with van der Waals surface area (Å²) in [5.41, 5.74) is 8.83. The van der Waals surface area contributed by atoms with Gasteiger partial charge in [-0.15, -0.1) is 0 Å². The van der Waals surface area contributed by atoms with E-state index in [2.05, 4.69) is 34.2 Å². The minimum absolute atomic E-state index is 0.0898. The lowest BCUT2D eigenvalue weighted by Gasteiger charge is -2.24. The number of rotatable bonds is 10. The van der Waals surface area contributed by atoms with Crippen molar-refractivity contribution in [2.75, 3.05) is 17.5 Å². The van der Waals surface area contributed by atoms with Crippen molar-refractivity contribution in [2.45, 2.75) is 39.5 Å². The fourth-order valence-corrected chi connectivity index (χ4v) is 5.89. The first kappa shape index (κ1) is 28.6. The van der Waals surface area contributed by atoms with E-state index in [9.17, 15) is 13.2 Å². The van der Waals surface area contributed by atoms with E-state index in [1.54, 1.807) is 42.6 Å². The van der Waals surface area contributed by atoms with Crippen LogP contribution in [0.3, 0.4) is 0 Å². The highest BCUT2D eigenvalue weighted by Crippen LogP contribution is 2.26. The first-order chi connectivity index (χ1) is 19.1. The van der Waals surface area contributed by atoms with Gasteiger partial charge < -0.3 is 9.30 Å². The summed E-state index contributed by atoms with van der Waals surface area (Å²) in [6.07, 6.45) is 1.57. The van der Waals surface area contributed by atoms with Gasteiger partial charge in [-0.1, -0.05) is 35.9 Å². The van der Waals surface area contributed by atoms with Gasteiger partial charge in [-0.3, -0.25) is 9.10 Å². The van der Waals surface area contributed by atoms with E-state index in [0.29, 0.717) is 18.0 Å². The molecule has 0 bridgehead atoms. The number of nitrogens with one attached hydrogen (secondary N) is 1. The number of carbonyl (C=O) groups excluding carboxylic acids is 1. The lowest BCUT2D eigenvalue weighted by molar-refractivity contribution is -0.119. The zero-order valence-electron chi connectivity index (χ0n) is 23.4. The molecular weight excluding hydrogens is 524 g/mol. The van der Waals surface area contributed by atoms with Crippen molar-refractivity contribution in [3.8, 4) is 11.4 Å². The summed E-state index contributed by atoms with van der Waals surface area (Å²) in [5, 5.41) is 4.15. The first-order valence-corrected chi connectivity index (χ1v) is 14.4. The number of hydrazone groups is 1. The highest BCUT2D eigenvalue weighted by atomic mass is 32.2. The molecule has 1 aromatic heterocycles.